The van der Waals surface area contributed by atoms with E-state index >= 15 is 0 Å². The van der Waals surface area contributed by atoms with E-state index in [1.54, 1.807) is 11.8 Å². The lowest BCUT2D eigenvalue weighted by Gasteiger charge is -2.03. The van der Waals surface area contributed by atoms with Gasteiger partial charge in [-0.1, -0.05) is 12.1 Å². The summed E-state index contributed by atoms with van der Waals surface area (Å²) in [5, 5.41) is 1.07. The fourth-order valence-electron chi connectivity index (χ4n) is 1.80. The van der Waals surface area contributed by atoms with Crippen molar-refractivity contribution >= 4 is 11.8 Å². The molecule has 1 aliphatic heterocycles. The third-order valence-electron chi connectivity index (χ3n) is 2.72. The maximum atomic E-state index is 5.36. The predicted molar refractivity (Wildman–Crippen MR) is 71.2 cm³/mol. The number of nitrogens with zero attached hydrogens (tertiary/aromatic N) is 1. The highest BCUT2D eigenvalue weighted by Crippen LogP contribution is 2.32. The molecule has 0 N–H and O–H groups in total. The van der Waals surface area contributed by atoms with Crippen LogP contribution in [-0.2, 0) is 6.42 Å². The third-order valence-corrected chi connectivity index (χ3v) is 3.66. The molecule has 0 saturated carbocycles. The van der Waals surface area contributed by atoms with Crippen LogP contribution in [-0.4, -0.2) is 17.5 Å². The number of ether oxygens (including phenoxy) is 2. The standard InChI is InChI=1S/C14H13NO2S/c1-2-7-15-14(3-1)18-8-6-11-4-5-12-13(9-11)17-10-16-12/h1-5,7,9H,6,8,10H2. The van der Waals surface area contributed by atoms with Gasteiger partial charge in [-0.25, -0.2) is 4.98 Å². The summed E-state index contributed by atoms with van der Waals surface area (Å²) < 4.78 is 10.7. The average molecular weight is 259 g/mol. The van der Waals surface area contributed by atoms with Crippen LogP contribution in [0.2, 0.25) is 0 Å². The Morgan fingerprint density at radius 2 is 2.06 bits per heavy atom. The molecule has 3 rings (SSSR count). The first-order valence-corrected chi connectivity index (χ1v) is 6.83. The number of hydrogen-bond acceptors (Lipinski definition) is 4. The first-order chi connectivity index (χ1) is 8.92. The molecule has 0 unspecified atom stereocenters. The minimum atomic E-state index is 0.335. The van der Waals surface area contributed by atoms with Crippen LogP contribution >= 0.6 is 11.8 Å². The first-order valence-electron chi connectivity index (χ1n) is 5.84. The van der Waals surface area contributed by atoms with Crippen molar-refractivity contribution in [1.29, 1.82) is 0 Å². The second-order valence-electron chi connectivity index (χ2n) is 3.95. The molecule has 0 radical (unpaired) electrons. The van der Waals surface area contributed by atoms with E-state index in [9.17, 15) is 0 Å². The summed E-state index contributed by atoms with van der Waals surface area (Å²) in [6.45, 7) is 0.335. The summed E-state index contributed by atoms with van der Waals surface area (Å²) in [4.78, 5) is 4.29. The molecule has 3 nitrogen and oxygen atoms in total. The van der Waals surface area contributed by atoms with Crippen LogP contribution in [0, 0.1) is 0 Å². The molecule has 2 heterocycles. The lowest BCUT2D eigenvalue weighted by molar-refractivity contribution is 0.174. The number of hydrogen-bond donors (Lipinski definition) is 0. The molecule has 4 heteroatoms. The molecule has 1 aromatic heterocycles. The lowest BCUT2D eigenvalue weighted by atomic mass is 10.1. The van der Waals surface area contributed by atoms with E-state index in [-0.39, 0.29) is 0 Å². The van der Waals surface area contributed by atoms with Gasteiger partial charge < -0.3 is 9.47 Å². The normalized spacial score (nSPS) is 12.7. The molecule has 2 aromatic rings. The zero-order valence-electron chi connectivity index (χ0n) is 9.83. The summed E-state index contributed by atoms with van der Waals surface area (Å²) in [7, 11) is 0. The van der Waals surface area contributed by atoms with Gasteiger partial charge in [-0.15, -0.1) is 11.8 Å². The van der Waals surface area contributed by atoms with Gasteiger partial charge in [-0.3, -0.25) is 0 Å². The topological polar surface area (TPSA) is 31.4 Å². The molecule has 0 amide bonds. The van der Waals surface area contributed by atoms with Gasteiger partial charge in [-0.05, 0) is 36.2 Å². The zero-order valence-corrected chi connectivity index (χ0v) is 10.7. The lowest BCUT2D eigenvalue weighted by Crippen LogP contribution is -1.93. The van der Waals surface area contributed by atoms with Gasteiger partial charge in [0, 0.05) is 11.9 Å². The van der Waals surface area contributed by atoms with Crippen molar-refractivity contribution in [3.05, 3.63) is 48.2 Å². The highest BCUT2D eigenvalue weighted by atomic mass is 32.2. The zero-order chi connectivity index (χ0) is 12.2. The first kappa shape index (κ1) is 11.4. The summed E-state index contributed by atoms with van der Waals surface area (Å²) in [5.74, 6) is 2.71. The molecule has 0 fully saturated rings. The van der Waals surface area contributed by atoms with Gasteiger partial charge in [0.05, 0.1) is 5.03 Å². The van der Waals surface area contributed by atoms with Crippen molar-refractivity contribution in [3.63, 3.8) is 0 Å². The summed E-state index contributed by atoms with van der Waals surface area (Å²) >= 11 is 1.77. The van der Waals surface area contributed by atoms with Crippen molar-refractivity contribution < 1.29 is 9.47 Å². The Kier molecular flexibility index (Phi) is 3.37. The van der Waals surface area contributed by atoms with E-state index in [0.29, 0.717) is 6.79 Å². The van der Waals surface area contributed by atoms with E-state index in [1.807, 2.05) is 30.5 Å². The van der Waals surface area contributed by atoms with Gasteiger partial charge in [-0.2, -0.15) is 0 Å². The smallest absolute Gasteiger partial charge is 0.231 e. The van der Waals surface area contributed by atoms with E-state index in [4.69, 9.17) is 9.47 Å². The van der Waals surface area contributed by atoms with Crippen LogP contribution in [0.25, 0.3) is 0 Å². The number of pyridine rings is 1. The molecule has 0 bridgehead atoms. The molecule has 0 spiro atoms. The summed E-state index contributed by atoms with van der Waals surface area (Å²) in [6, 6.07) is 12.1. The molecule has 0 saturated heterocycles. The van der Waals surface area contributed by atoms with Crippen molar-refractivity contribution in [2.24, 2.45) is 0 Å². The Labute approximate surface area is 110 Å². The monoisotopic (exact) mass is 259 g/mol. The van der Waals surface area contributed by atoms with Crippen molar-refractivity contribution in [3.8, 4) is 11.5 Å². The van der Waals surface area contributed by atoms with E-state index in [1.165, 1.54) is 5.56 Å². The molecular weight excluding hydrogens is 246 g/mol. The van der Waals surface area contributed by atoms with Gasteiger partial charge in [0.2, 0.25) is 6.79 Å². The summed E-state index contributed by atoms with van der Waals surface area (Å²) in [6.07, 6.45) is 2.82. The summed E-state index contributed by atoms with van der Waals surface area (Å²) in [5.41, 5.74) is 1.27. The van der Waals surface area contributed by atoms with Gasteiger partial charge in [0.1, 0.15) is 0 Å². The number of aryl methyl sites for hydroxylation is 1. The largest absolute Gasteiger partial charge is 0.454 e. The Balaban J connectivity index is 1.57. The fourth-order valence-corrected chi connectivity index (χ4v) is 2.66. The number of thioether (sulfide) groups is 1. The van der Waals surface area contributed by atoms with Crippen molar-refractivity contribution in [2.75, 3.05) is 12.5 Å². The Bertz CT molecular complexity index is 531. The minimum absolute atomic E-state index is 0.335. The van der Waals surface area contributed by atoms with Gasteiger partial charge in [0.25, 0.3) is 0 Å². The van der Waals surface area contributed by atoms with Crippen LogP contribution in [0.4, 0.5) is 0 Å². The van der Waals surface area contributed by atoms with Crippen LogP contribution < -0.4 is 9.47 Å². The van der Waals surface area contributed by atoms with Crippen LogP contribution in [0.1, 0.15) is 5.56 Å². The quantitative estimate of drug-likeness (QED) is 0.789. The molecule has 1 aliphatic rings. The Morgan fingerprint density at radius 1 is 1.11 bits per heavy atom. The Morgan fingerprint density at radius 3 is 2.94 bits per heavy atom. The number of fused-ring (bicyclic) bond motifs is 1. The van der Waals surface area contributed by atoms with Crippen LogP contribution in [0.15, 0.2) is 47.6 Å². The third kappa shape index (κ3) is 2.59. The Hall–Kier alpha value is -1.68. The van der Waals surface area contributed by atoms with Crippen molar-refractivity contribution in [2.45, 2.75) is 11.4 Å². The van der Waals surface area contributed by atoms with Crippen LogP contribution in [0.5, 0.6) is 11.5 Å². The highest BCUT2D eigenvalue weighted by molar-refractivity contribution is 7.99. The SMILES string of the molecule is c1ccc(SCCc2ccc3c(c2)OCO3)nc1. The van der Waals surface area contributed by atoms with Crippen LogP contribution in [0.3, 0.4) is 0 Å². The van der Waals surface area contributed by atoms with E-state index < -0.39 is 0 Å². The number of aromatic nitrogens is 1. The maximum absolute atomic E-state index is 5.36. The van der Waals surface area contributed by atoms with Crippen molar-refractivity contribution in [1.82, 2.24) is 4.98 Å². The average Bonchev–Trinajstić information content (AvgIpc) is 2.87. The molecular formula is C14H13NO2S. The van der Waals surface area contributed by atoms with E-state index in [0.717, 1.165) is 28.7 Å². The molecule has 0 aliphatic carbocycles. The predicted octanol–water partition coefficient (Wildman–Crippen LogP) is 3.15. The fraction of sp³-hybridized carbons (Fsp3) is 0.214. The molecule has 92 valence electrons. The van der Waals surface area contributed by atoms with Gasteiger partial charge in [0.15, 0.2) is 11.5 Å². The minimum Gasteiger partial charge on any atom is -0.454 e. The molecule has 18 heavy (non-hydrogen) atoms. The number of benzene rings is 1. The second-order valence-corrected chi connectivity index (χ2v) is 5.07. The van der Waals surface area contributed by atoms with Gasteiger partial charge >= 0.3 is 0 Å². The maximum Gasteiger partial charge on any atom is 0.231 e. The van der Waals surface area contributed by atoms with E-state index in [2.05, 4.69) is 17.1 Å². The highest BCUT2D eigenvalue weighted by Gasteiger charge is 2.12. The molecule has 0 atom stereocenters. The number of rotatable bonds is 4. The second kappa shape index (κ2) is 5.31. The molecule has 1 aromatic carbocycles.